The zero-order chi connectivity index (χ0) is 17.2. The third-order valence-corrected chi connectivity index (χ3v) is 3.25. The minimum Gasteiger partial charge on any atom is -0.435 e. The van der Waals surface area contributed by atoms with Gasteiger partial charge in [0.15, 0.2) is 5.69 Å². The molecule has 0 aliphatic heterocycles. The highest BCUT2D eigenvalue weighted by atomic mass is 32.2. The summed E-state index contributed by atoms with van der Waals surface area (Å²) in [5.41, 5.74) is 0.562. The van der Waals surface area contributed by atoms with Crippen LogP contribution in [0, 0.1) is 6.92 Å². The average Bonchev–Trinajstić information content (AvgIpc) is 2.79. The van der Waals surface area contributed by atoms with E-state index in [2.05, 4.69) is 15.0 Å². The van der Waals surface area contributed by atoms with E-state index in [0.717, 1.165) is 6.26 Å². The lowest BCUT2D eigenvalue weighted by Gasteiger charge is -2.07. The van der Waals surface area contributed by atoms with Crippen LogP contribution in [0.5, 0.6) is 5.75 Å². The number of hydrogen-bond donors (Lipinski definition) is 1. The van der Waals surface area contributed by atoms with E-state index in [1.165, 1.54) is 35.9 Å². The van der Waals surface area contributed by atoms with Crippen LogP contribution in [0.1, 0.15) is 16.2 Å². The number of nitrogens with zero attached hydrogens (tertiary/aromatic N) is 3. The number of halogens is 2. The molecule has 11 heteroatoms. The van der Waals surface area contributed by atoms with Gasteiger partial charge in [0.25, 0.3) is 5.91 Å². The van der Waals surface area contributed by atoms with Crippen molar-refractivity contribution in [3.8, 4) is 11.4 Å². The average molecular weight is 346 g/mol. The van der Waals surface area contributed by atoms with Gasteiger partial charge >= 0.3 is 6.61 Å². The smallest absolute Gasteiger partial charge is 0.387 e. The van der Waals surface area contributed by atoms with Crippen molar-refractivity contribution in [1.29, 1.82) is 0 Å². The Morgan fingerprint density at radius 2 is 1.91 bits per heavy atom. The molecule has 0 spiro atoms. The van der Waals surface area contributed by atoms with Crippen molar-refractivity contribution in [2.45, 2.75) is 13.5 Å². The summed E-state index contributed by atoms with van der Waals surface area (Å²) in [6, 6.07) is 5.49. The molecule has 1 aromatic heterocycles. The largest absolute Gasteiger partial charge is 0.435 e. The second kappa shape index (κ2) is 6.28. The molecular formula is C12H12F2N4O4S. The van der Waals surface area contributed by atoms with E-state index in [-0.39, 0.29) is 17.1 Å². The molecule has 1 N–H and O–H groups in total. The maximum atomic E-state index is 12.1. The lowest BCUT2D eigenvalue weighted by atomic mass is 10.3. The van der Waals surface area contributed by atoms with Crippen molar-refractivity contribution in [3.05, 3.63) is 35.7 Å². The zero-order valence-electron chi connectivity index (χ0n) is 12.0. The molecule has 2 rings (SSSR count). The summed E-state index contributed by atoms with van der Waals surface area (Å²) in [5.74, 6) is -0.939. The number of aromatic nitrogens is 3. The quantitative estimate of drug-likeness (QED) is 0.861. The molecule has 0 atom stereocenters. The highest BCUT2D eigenvalue weighted by Crippen LogP contribution is 2.18. The molecule has 0 saturated carbocycles. The van der Waals surface area contributed by atoms with Crippen LogP contribution in [-0.4, -0.2) is 42.2 Å². The Bertz CT molecular complexity index is 818. The maximum absolute atomic E-state index is 12.1. The van der Waals surface area contributed by atoms with Gasteiger partial charge in [0.1, 0.15) is 5.75 Å². The Morgan fingerprint density at radius 3 is 2.43 bits per heavy atom. The molecule has 0 aliphatic carbocycles. The van der Waals surface area contributed by atoms with Gasteiger partial charge in [0, 0.05) is 0 Å². The first-order valence-corrected chi connectivity index (χ1v) is 8.06. The maximum Gasteiger partial charge on any atom is 0.387 e. The zero-order valence-corrected chi connectivity index (χ0v) is 12.8. The molecule has 1 heterocycles. The van der Waals surface area contributed by atoms with Gasteiger partial charge in [0.05, 0.1) is 17.6 Å². The van der Waals surface area contributed by atoms with Crippen molar-refractivity contribution < 1.29 is 26.7 Å². The molecular weight excluding hydrogens is 334 g/mol. The number of rotatable bonds is 5. The minimum atomic E-state index is -3.72. The Labute approximate surface area is 130 Å². The molecule has 23 heavy (non-hydrogen) atoms. The second-order valence-electron chi connectivity index (χ2n) is 4.51. The van der Waals surface area contributed by atoms with Crippen LogP contribution in [0.15, 0.2) is 24.3 Å². The number of amides is 1. The number of hydrogen-bond acceptors (Lipinski definition) is 6. The third-order valence-electron chi connectivity index (χ3n) is 2.69. The van der Waals surface area contributed by atoms with Gasteiger partial charge in [-0.1, -0.05) is 5.21 Å². The summed E-state index contributed by atoms with van der Waals surface area (Å²) in [6.45, 7) is -1.42. The van der Waals surface area contributed by atoms with Gasteiger partial charge in [-0.2, -0.15) is 8.78 Å². The lowest BCUT2D eigenvalue weighted by Crippen LogP contribution is -2.30. The van der Waals surface area contributed by atoms with E-state index in [1.807, 2.05) is 0 Å². The molecule has 0 aliphatic rings. The number of sulfonamides is 1. The highest BCUT2D eigenvalue weighted by molar-refractivity contribution is 7.89. The molecule has 0 bridgehead atoms. The SMILES string of the molecule is Cc1c(C(=O)NS(C)(=O)=O)nnn1-c1ccc(OC(F)F)cc1. The minimum absolute atomic E-state index is 0.0310. The van der Waals surface area contributed by atoms with Gasteiger partial charge in [-0.25, -0.2) is 17.8 Å². The lowest BCUT2D eigenvalue weighted by molar-refractivity contribution is -0.0498. The van der Waals surface area contributed by atoms with Crippen LogP contribution in [0.4, 0.5) is 8.78 Å². The molecule has 2 aromatic rings. The van der Waals surface area contributed by atoms with E-state index in [0.29, 0.717) is 5.69 Å². The summed E-state index contributed by atoms with van der Waals surface area (Å²) in [7, 11) is -3.72. The van der Waals surface area contributed by atoms with Crippen LogP contribution < -0.4 is 9.46 Å². The Hall–Kier alpha value is -2.56. The van der Waals surface area contributed by atoms with Gasteiger partial charge in [0.2, 0.25) is 10.0 Å². The second-order valence-corrected chi connectivity index (χ2v) is 6.26. The predicted octanol–water partition coefficient (Wildman–Crippen LogP) is 0.867. The predicted molar refractivity (Wildman–Crippen MR) is 75.0 cm³/mol. The van der Waals surface area contributed by atoms with Gasteiger partial charge in [-0.3, -0.25) is 4.79 Å². The van der Waals surface area contributed by atoms with Gasteiger partial charge < -0.3 is 4.74 Å². The molecule has 0 fully saturated rings. The van der Waals surface area contributed by atoms with E-state index >= 15 is 0 Å². The number of alkyl halides is 2. The van der Waals surface area contributed by atoms with Crippen molar-refractivity contribution in [2.24, 2.45) is 0 Å². The number of nitrogens with one attached hydrogen (secondary N) is 1. The van der Waals surface area contributed by atoms with Crippen LogP contribution >= 0.6 is 0 Å². The van der Waals surface area contributed by atoms with E-state index in [9.17, 15) is 22.0 Å². The fourth-order valence-corrected chi connectivity index (χ4v) is 2.20. The topological polar surface area (TPSA) is 103 Å². The summed E-state index contributed by atoms with van der Waals surface area (Å²) in [4.78, 5) is 11.8. The third kappa shape index (κ3) is 4.22. The van der Waals surface area contributed by atoms with Gasteiger partial charge in [-0.05, 0) is 31.2 Å². The van der Waals surface area contributed by atoms with Crippen molar-refractivity contribution in [1.82, 2.24) is 19.7 Å². The molecule has 124 valence electrons. The first-order chi connectivity index (χ1) is 10.7. The molecule has 0 radical (unpaired) electrons. The number of ether oxygens (including phenoxy) is 1. The highest BCUT2D eigenvalue weighted by Gasteiger charge is 2.20. The van der Waals surface area contributed by atoms with Gasteiger partial charge in [-0.15, -0.1) is 5.10 Å². The van der Waals surface area contributed by atoms with Crippen molar-refractivity contribution >= 4 is 15.9 Å². The number of carbonyl (C=O) groups is 1. The molecule has 0 unspecified atom stereocenters. The Kier molecular flexibility index (Phi) is 4.59. The fourth-order valence-electron chi connectivity index (χ4n) is 1.77. The number of benzene rings is 1. The fraction of sp³-hybridized carbons (Fsp3) is 0.250. The van der Waals surface area contributed by atoms with Crippen LogP contribution in [0.3, 0.4) is 0 Å². The Balaban J connectivity index is 2.27. The summed E-state index contributed by atoms with van der Waals surface area (Å²) < 4.78 is 53.6. The first-order valence-electron chi connectivity index (χ1n) is 6.17. The monoisotopic (exact) mass is 346 g/mol. The standard InChI is InChI=1S/C12H12F2N4O4S/c1-7-10(11(19)16-23(2,20)21)15-17-18(7)8-3-5-9(6-4-8)22-12(13)14/h3-6,12H,1-2H3,(H,16,19). The van der Waals surface area contributed by atoms with E-state index in [1.54, 1.807) is 4.72 Å². The normalized spacial score (nSPS) is 11.5. The summed E-state index contributed by atoms with van der Waals surface area (Å²) >= 11 is 0. The van der Waals surface area contributed by atoms with Crippen LogP contribution in [0.2, 0.25) is 0 Å². The van der Waals surface area contributed by atoms with E-state index < -0.39 is 22.5 Å². The summed E-state index contributed by atoms with van der Waals surface area (Å²) in [6.07, 6.45) is 0.840. The van der Waals surface area contributed by atoms with Crippen molar-refractivity contribution in [2.75, 3.05) is 6.26 Å². The Morgan fingerprint density at radius 1 is 1.30 bits per heavy atom. The first kappa shape index (κ1) is 16.8. The molecule has 1 aromatic carbocycles. The molecule has 1 amide bonds. The summed E-state index contributed by atoms with van der Waals surface area (Å²) in [5, 5.41) is 7.38. The number of carbonyl (C=O) groups excluding carboxylic acids is 1. The van der Waals surface area contributed by atoms with E-state index in [4.69, 9.17) is 0 Å². The van der Waals surface area contributed by atoms with Crippen molar-refractivity contribution in [3.63, 3.8) is 0 Å². The molecule has 8 nitrogen and oxygen atoms in total. The van der Waals surface area contributed by atoms with Crippen LogP contribution in [0.25, 0.3) is 5.69 Å². The molecule has 0 saturated heterocycles. The van der Waals surface area contributed by atoms with Crippen LogP contribution in [-0.2, 0) is 10.0 Å².